The van der Waals surface area contributed by atoms with Gasteiger partial charge in [0.05, 0.1) is 0 Å². The van der Waals surface area contributed by atoms with E-state index in [9.17, 15) is 9.59 Å². The van der Waals surface area contributed by atoms with Crippen LogP contribution in [0.5, 0.6) is 0 Å². The van der Waals surface area contributed by atoms with Crippen LogP contribution in [-0.4, -0.2) is 38.5 Å². The minimum Gasteiger partial charge on any atom is -0.375 e. The average Bonchev–Trinajstić information content (AvgIpc) is 2.73. The highest BCUT2D eigenvalue weighted by atomic mass is 16.2. The van der Waals surface area contributed by atoms with Crippen LogP contribution in [0.4, 0.5) is 5.69 Å². The van der Waals surface area contributed by atoms with Crippen molar-refractivity contribution in [3.63, 3.8) is 0 Å². The van der Waals surface area contributed by atoms with E-state index in [0.717, 1.165) is 56.4 Å². The second kappa shape index (κ2) is 9.40. The van der Waals surface area contributed by atoms with Crippen LogP contribution in [0, 0.1) is 23.2 Å². The summed E-state index contributed by atoms with van der Waals surface area (Å²) in [6.07, 6.45) is 9.64. The van der Waals surface area contributed by atoms with Crippen LogP contribution in [0.1, 0.15) is 57.8 Å². The summed E-state index contributed by atoms with van der Waals surface area (Å²) in [5.74, 6) is 2.57. The summed E-state index contributed by atoms with van der Waals surface area (Å²) in [5.41, 5.74) is 1.10. The molecule has 2 N–H and O–H groups in total. The van der Waals surface area contributed by atoms with E-state index in [1.165, 1.54) is 24.9 Å². The van der Waals surface area contributed by atoms with Gasteiger partial charge in [0.15, 0.2) is 0 Å². The fraction of sp³-hybridized carbons (Fsp3) is 0.680. The first-order valence-corrected chi connectivity index (χ1v) is 11.9. The summed E-state index contributed by atoms with van der Waals surface area (Å²) < 4.78 is 0. The number of hydrogen-bond donors (Lipinski definition) is 2. The summed E-state index contributed by atoms with van der Waals surface area (Å²) in [7, 11) is 2.10. The van der Waals surface area contributed by atoms with Crippen molar-refractivity contribution < 1.29 is 9.59 Å². The lowest BCUT2D eigenvalue weighted by atomic mass is 9.49. The van der Waals surface area contributed by atoms with Gasteiger partial charge < -0.3 is 15.5 Å². The lowest BCUT2D eigenvalue weighted by Gasteiger charge is -2.55. The minimum absolute atomic E-state index is 0.0391. The maximum atomic E-state index is 12.9. The monoisotopic (exact) mass is 411 g/mol. The van der Waals surface area contributed by atoms with Gasteiger partial charge in [-0.1, -0.05) is 18.2 Å². The van der Waals surface area contributed by atoms with E-state index in [4.69, 9.17) is 0 Å². The van der Waals surface area contributed by atoms with Gasteiger partial charge in [-0.3, -0.25) is 9.59 Å². The number of benzene rings is 1. The predicted octanol–water partition coefficient (Wildman–Crippen LogP) is 3.74. The molecule has 30 heavy (non-hydrogen) atoms. The number of nitrogens with one attached hydrogen (secondary N) is 2. The molecule has 1 aromatic carbocycles. The maximum absolute atomic E-state index is 12.9. The highest BCUT2D eigenvalue weighted by molar-refractivity contribution is 5.84. The Labute approximate surface area is 181 Å². The summed E-state index contributed by atoms with van der Waals surface area (Å²) in [4.78, 5) is 27.3. The number of rotatable bonds is 10. The topological polar surface area (TPSA) is 61.4 Å². The van der Waals surface area contributed by atoms with Gasteiger partial charge in [-0.05, 0) is 81.3 Å². The van der Waals surface area contributed by atoms with Crippen molar-refractivity contribution in [3.05, 3.63) is 30.3 Å². The summed E-state index contributed by atoms with van der Waals surface area (Å²) in [5, 5.41) is 6.10. The molecule has 0 spiro atoms. The number of carbonyl (C=O) groups excluding carboxylic acids is 2. The van der Waals surface area contributed by atoms with E-state index in [2.05, 4.69) is 34.7 Å². The minimum atomic E-state index is -0.115. The van der Waals surface area contributed by atoms with E-state index >= 15 is 0 Å². The number of para-hydroxylation sites is 1. The zero-order valence-electron chi connectivity index (χ0n) is 18.4. The van der Waals surface area contributed by atoms with Gasteiger partial charge in [0.25, 0.3) is 0 Å². The Hall–Kier alpha value is -2.04. The normalized spacial score (nSPS) is 28.9. The van der Waals surface area contributed by atoms with Gasteiger partial charge in [0.1, 0.15) is 0 Å². The van der Waals surface area contributed by atoms with E-state index < -0.39 is 0 Å². The highest BCUT2D eigenvalue weighted by Crippen LogP contribution is 2.60. The lowest BCUT2D eigenvalue weighted by Crippen LogP contribution is -2.53. The molecule has 4 fully saturated rings. The van der Waals surface area contributed by atoms with Gasteiger partial charge in [-0.25, -0.2) is 0 Å². The van der Waals surface area contributed by atoms with Crippen LogP contribution in [0.2, 0.25) is 0 Å². The number of amides is 2. The number of unbranched alkanes of at least 4 members (excludes halogenated alkanes) is 1. The Balaban J connectivity index is 1.08. The molecule has 0 saturated heterocycles. The molecule has 4 bridgehead atoms. The first-order valence-electron chi connectivity index (χ1n) is 11.9. The molecule has 4 aliphatic rings. The zero-order chi connectivity index (χ0) is 21.0. The molecule has 0 heterocycles. The van der Waals surface area contributed by atoms with Crippen LogP contribution < -0.4 is 15.5 Å². The quantitative estimate of drug-likeness (QED) is 0.577. The summed E-state index contributed by atoms with van der Waals surface area (Å²) in [6.45, 7) is 2.13. The molecule has 1 aromatic rings. The van der Waals surface area contributed by atoms with E-state index in [1.54, 1.807) is 0 Å². The Bertz CT molecular complexity index is 698. The van der Waals surface area contributed by atoms with Crippen LogP contribution >= 0.6 is 0 Å². The van der Waals surface area contributed by atoms with E-state index in [1.807, 2.05) is 18.2 Å². The Morgan fingerprint density at radius 2 is 1.57 bits per heavy atom. The van der Waals surface area contributed by atoms with Crippen LogP contribution in [-0.2, 0) is 9.59 Å². The first kappa shape index (κ1) is 21.2. The largest absolute Gasteiger partial charge is 0.375 e. The molecule has 2 amide bonds. The molecule has 0 aliphatic heterocycles. The molecule has 4 saturated carbocycles. The zero-order valence-corrected chi connectivity index (χ0v) is 18.4. The third-order valence-corrected chi connectivity index (χ3v) is 7.60. The van der Waals surface area contributed by atoms with Gasteiger partial charge in [0, 0.05) is 44.2 Å². The fourth-order valence-corrected chi connectivity index (χ4v) is 6.47. The van der Waals surface area contributed by atoms with Crippen molar-refractivity contribution in [1.82, 2.24) is 10.6 Å². The second-order valence-corrected chi connectivity index (χ2v) is 10.0. The van der Waals surface area contributed by atoms with E-state index in [-0.39, 0.29) is 17.2 Å². The molecule has 5 heteroatoms. The molecule has 5 rings (SSSR count). The van der Waals surface area contributed by atoms with E-state index in [0.29, 0.717) is 19.5 Å². The molecular formula is C25H37N3O2. The van der Waals surface area contributed by atoms with Crippen LogP contribution in [0.25, 0.3) is 0 Å². The van der Waals surface area contributed by atoms with Crippen molar-refractivity contribution in [3.8, 4) is 0 Å². The van der Waals surface area contributed by atoms with Crippen molar-refractivity contribution in [2.75, 3.05) is 31.6 Å². The van der Waals surface area contributed by atoms with Crippen molar-refractivity contribution in [1.29, 1.82) is 0 Å². The summed E-state index contributed by atoms with van der Waals surface area (Å²) >= 11 is 0. The Morgan fingerprint density at radius 1 is 0.933 bits per heavy atom. The first-order chi connectivity index (χ1) is 14.5. The fourth-order valence-electron chi connectivity index (χ4n) is 6.47. The Morgan fingerprint density at radius 3 is 2.20 bits per heavy atom. The third-order valence-electron chi connectivity index (χ3n) is 7.60. The third kappa shape index (κ3) is 4.98. The molecule has 0 atom stereocenters. The van der Waals surface area contributed by atoms with Gasteiger partial charge in [0.2, 0.25) is 11.8 Å². The SMILES string of the molecule is CN(CCCCNC(=O)CCNC(=O)C12CC3CC(CC(C3)C1)C2)c1ccccc1. The molecule has 4 aliphatic carbocycles. The number of carbonyl (C=O) groups is 2. The lowest BCUT2D eigenvalue weighted by molar-refractivity contribution is -0.146. The highest BCUT2D eigenvalue weighted by Gasteiger charge is 2.54. The summed E-state index contributed by atoms with van der Waals surface area (Å²) in [6, 6.07) is 10.3. The maximum Gasteiger partial charge on any atom is 0.226 e. The van der Waals surface area contributed by atoms with Crippen LogP contribution in [0.3, 0.4) is 0 Å². The van der Waals surface area contributed by atoms with Crippen molar-refractivity contribution >= 4 is 17.5 Å². The average molecular weight is 412 g/mol. The number of nitrogens with zero attached hydrogens (tertiary/aromatic N) is 1. The number of anilines is 1. The molecule has 0 radical (unpaired) electrons. The van der Waals surface area contributed by atoms with Crippen molar-refractivity contribution in [2.24, 2.45) is 23.2 Å². The van der Waals surface area contributed by atoms with Gasteiger partial charge in [-0.15, -0.1) is 0 Å². The molecule has 5 nitrogen and oxygen atoms in total. The molecule has 0 aromatic heterocycles. The van der Waals surface area contributed by atoms with Gasteiger partial charge >= 0.3 is 0 Å². The van der Waals surface area contributed by atoms with Gasteiger partial charge in [-0.2, -0.15) is 0 Å². The van der Waals surface area contributed by atoms with Crippen molar-refractivity contribution in [2.45, 2.75) is 57.8 Å². The van der Waals surface area contributed by atoms with Crippen LogP contribution in [0.15, 0.2) is 30.3 Å². The molecular weight excluding hydrogens is 374 g/mol. The molecule has 164 valence electrons. The standard InChI is InChI=1S/C25H37N3O2/c1-28(22-7-3-2-4-8-22)12-6-5-10-26-23(29)9-11-27-24(30)25-16-19-13-20(17-25)15-21(14-19)18-25/h2-4,7-8,19-21H,5-6,9-18H2,1H3,(H,26,29)(H,27,30). The smallest absolute Gasteiger partial charge is 0.226 e. The second-order valence-electron chi connectivity index (χ2n) is 10.0. The predicted molar refractivity (Wildman–Crippen MR) is 120 cm³/mol. The molecule has 0 unspecified atom stereocenters. The Kier molecular flexibility index (Phi) is 6.64. The number of hydrogen-bond acceptors (Lipinski definition) is 3.